The minimum Gasteiger partial charge on any atom is -0.387 e. The van der Waals surface area contributed by atoms with Crippen LogP contribution in [0.5, 0.6) is 0 Å². The van der Waals surface area contributed by atoms with Gasteiger partial charge in [-0.2, -0.15) is 0 Å². The first-order valence-corrected chi connectivity index (χ1v) is 7.07. The van der Waals surface area contributed by atoms with Gasteiger partial charge in [-0.25, -0.2) is 0 Å². The molecule has 1 heterocycles. The average Bonchev–Trinajstić information content (AvgIpc) is 2.46. The van der Waals surface area contributed by atoms with Gasteiger partial charge in [-0.15, -0.1) is 0 Å². The number of aliphatic hydroxyl groups excluding tert-OH is 1. The number of benzene rings is 1. The third-order valence-electron chi connectivity index (χ3n) is 3.90. The maximum atomic E-state index is 9.64. The molecule has 0 aromatic heterocycles. The second-order valence-electron chi connectivity index (χ2n) is 5.39. The van der Waals surface area contributed by atoms with Crippen molar-refractivity contribution < 1.29 is 5.11 Å². The second kappa shape index (κ2) is 7.01. The molecule has 1 aromatic rings. The van der Waals surface area contributed by atoms with Gasteiger partial charge in [0.2, 0.25) is 0 Å². The molecule has 0 spiro atoms. The van der Waals surface area contributed by atoms with Crippen molar-refractivity contribution >= 4 is 0 Å². The van der Waals surface area contributed by atoms with Gasteiger partial charge in [-0.1, -0.05) is 24.3 Å². The lowest BCUT2D eigenvalue weighted by Gasteiger charge is -2.32. The normalized spacial score (nSPS) is 19.5. The smallest absolute Gasteiger partial charge is 0.0912 e. The standard InChI is InChI=1S/C15H25N3O/c1-17-8-10-18(11-9-17)7-6-13-2-4-14(5-3-13)15(19)12-16/h2-5,15,19H,6-12,16H2,1H3. The number of hydrogen-bond acceptors (Lipinski definition) is 4. The fourth-order valence-corrected chi connectivity index (χ4v) is 2.40. The average molecular weight is 263 g/mol. The summed E-state index contributed by atoms with van der Waals surface area (Å²) in [5.74, 6) is 0. The number of hydrogen-bond donors (Lipinski definition) is 2. The molecule has 4 nitrogen and oxygen atoms in total. The molecule has 2 rings (SSSR count). The van der Waals surface area contributed by atoms with E-state index in [9.17, 15) is 5.11 Å². The van der Waals surface area contributed by atoms with Gasteiger partial charge in [0.25, 0.3) is 0 Å². The third-order valence-corrected chi connectivity index (χ3v) is 3.90. The van der Waals surface area contributed by atoms with Crippen LogP contribution in [0, 0.1) is 0 Å². The third kappa shape index (κ3) is 4.28. The fraction of sp³-hybridized carbons (Fsp3) is 0.600. The van der Waals surface area contributed by atoms with Crippen molar-refractivity contribution in [2.45, 2.75) is 12.5 Å². The topological polar surface area (TPSA) is 52.7 Å². The van der Waals surface area contributed by atoms with Crippen LogP contribution in [0.3, 0.4) is 0 Å². The van der Waals surface area contributed by atoms with Crippen LogP contribution in [0.2, 0.25) is 0 Å². The number of nitrogens with two attached hydrogens (primary N) is 1. The Morgan fingerprint density at radius 2 is 1.79 bits per heavy atom. The second-order valence-corrected chi connectivity index (χ2v) is 5.39. The zero-order chi connectivity index (χ0) is 13.7. The molecule has 1 fully saturated rings. The first kappa shape index (κ1) is 14.5. The zero-order valence-corrected chi connectivity index (χ0v) is 11.8. The van der Waals surface area contributed by atoms with E-state index in [0.717, 1.165) is 18.5 Å². The van der Waals surface area contributed by atoms with Gasteiger partial charge in [0.15, 0.2) is 0 Å². The molecule has 19 heavy (non-hydrogen) atoms. The molecule has 0 amide bonds. The highest BCUT2D eigenvalue weighted by atomic mass is 16.3. The van der Waals surface area contributed by atoms with Crippen molar-refractivity contribution in [3.63, 3.8) is 0 Å². The summed E-state index contributed by atoms with van der Waals surface area (Å²) in [4.78, 5) is 4.89. The van der Waals surface area contributed by atoms with Crippen molar-refractivity contribution in [1.29, 1.82) is 0 Å². The van der Waals surface area contributed by atoms with Crippen LogP contribution < -0.4 is 5.73 Å². The van der Waals surface area contributed by atoms with Gasteiger partial charge in [0.05, 0.1) is 6.10 Å². The molecule has 0 aliphatic carbocycles. The van der Waals surface area contributed by atoms with Gasteiger partial charge >= 0.3 is 0 Å². The van der Waals surface area contributed by atoms with Crippen LogP contribution in [0.4, 0.5) is 0 Å². The van der Waals surface area contributed by atoms with Crippen LogP contribution in [0.25, 0.3) is 0 Å². The predicted molar refractivity (Wildman–Crippen MR) is 78.1 cm³/mol. The first-order chi connectivity index (χ1) is 9.19. The van der Waals surface area contributed by atoms with E-state index in [2.05, 4.69) is 29.0 Å². The predicted octanol–water partition coefficient (Wildman–Crippen LogP) is 0.469. The molecule has 4 heteroatoms. The first-order valence-electron chi connectivity index (χ1n) is 7.07. The van der Waals surface area contributed by atoms with Crippen molar-refractivity contribution in [3.05, 3.63) is 35.4 Å². The SMILES string of the molecule is CN1CCN(CCc2ccc(C(O)CN)cc2)CC1. The van der Waals surface area contributed by atoms with E-state index in [-0.39, 0.29) is 6.54 Å². The highest BCUT2D eigenvalue weighted by molar-refractivity contribution is 5.24. The Bertz CT molecular complexity index is 371. The minimum atomic E-state index is -0.535. The lowest BCUT2D eigenvalue weighted by molar-refractivity contribution is 0.155. The zero-order valence-electron chi connectivity index (χ0n) is 11.8. The Hall–Kier alpha value is -0.940. The maximum absolute atomic E-state index is 9.64. The number of nitrogens with zero attached hydrogens (tertiary/aromatic N) is 2. The quantitative estimate of drug-likeness (QED) is 0.811. The Balaban J connectivity index is 1.80. The summed E-state index contributed by atoms with van der Waals surface area (Å²) in [6.45, 7) is 6.07. The monoisotopic (exact) mass is 263 g/mol. The largest absolute Gasteiger partial charge is 0.387 e. The van der Waals surface area contributed by atoms with Crippen LogP contribution >= 0.6 is 0 Å². The number of rotatable bonds is 5. The van der Waals surface area contributed by atoms with Crippen molar-refractivity contribution in [2.24, 2.45) is 5.73 Å². The summed E-state index contributed by atoms with van der Waals surface area (Å²) in [6.07, 6.45) is 0.537. The van der Waals surface area contributed by atoms with Crippen LogP contribution in [-0.2, 0) is 6.42 Å². The van der Waals surface area contributed by atoms with E-state index in [1.807, 2.05) is 12.1 Å². The lowest BCUT2D eigenvalue weighted by Crippen LogP contribution is -2.45. The summed E-state index contributed by atoms with van der Waals surface area (Å²) >= 11 is 0. The minimum absolute atomic E-state index is 0.278. The fourth-order valence-electron chi connectivity index (χ4n) is 2.40. The van der Waals surface area contributed by atoms with Crippen LogP contribution in [0.15, 0.2) is 24.3 Å². The highest BCUT2D eigenvalue weighted by Crippen LogP contribution is 2.13. The summed E-state index contributed by atoms with van der Waals surface area (Å²) in [5, 5.41) is 9.64. The van der Waals surface area contributed by atoms with Gasteiger partial charge < -0.3 is 20.6 Å². The van der Waals surface area contributed by atoms with E-state index in [1.54, 1.807) is 0 Å². The summed E-state index contributed by atoms with van der Waals surface area (Å²) < 4.78 is 0. The van der Waals surface area contributed by atoms with Crippen molar-refractivity contribution in [3.8, 4) is 0 Å². The van der Waals surface area contributed by atoms with Gasteiger partial charge in [-0.3, -0.25) is 0 Å². The Morgan fingerprint density at radius 1 is 1.16 bits per heavy atom. The molecule has 0 bridgehead atoms. The van der Waals surface area contributed by atoms with Crippen molar-refractivity contribution in [1.82, 2.24) is 9.80 Å². The lowest BCUT2D eigenvalue weighted by atomic mass is 10.1. The Labute approximate surface area is 115 Å². The van der Waals surface area contributed by atoms with E-state index >= 15 is 0 Å². The molecule has 3 N–H and O–H groups in total. The molecule has 106 valence electrons. The molecule has 0 saturated carbocycles. The van der Waals surface area contributed by atoms with Gasteiger partial charge in [-0.05, 0) is 24.6 Å². The van der Waals surface area contributed by atoms with Gasteiger partial charge in [0, 0.05) is 39.3 Å². The maximum Gasteiger partial charge on any atom is 0.0912 e. The Kier molecular flexibility index (Phi) is 5.34. The molecular formula is C15H25N3O. The van der Waals surface area contributed by atoms with E-state index in [0.29, 0.717) is 0 Å². The molecule has 1 aromatic carbocycles. The molecule has 1 aliphatic heterocycles. The van der Waals surface area contributed by atoms with E-state index in [4.69, 9.17) is 5.73 Å². The van der Waals surface area contributed by atoms with Crippen molar-refractivity contribution in [2.75, 3.05) is 46.3 Å². The summed E-state index contributed by atoms with van der Waals surface area (Å²) in [5.41, 5.74) is 7.68. The number of aliphatic hydroxyl groups is 1. The summed E-state index contributed by atoms with van der Waals surface area (Å²) in [6, 6.07) is 8.17. The van der Waals surface area contributed by atoms with Crippen LogP contribution in [0.1, 0.15) is 17.2 Å². The molecule has 0 radical (unpaired) electrons. The molecule has 1 atom stereocenters. The molecular weight excluding hydrogens is 238 g/mol. The highest BCUT2D eigenvalue weighted by Gasteiger charge is 2.13. The van der Waals surface area contributed by atoms with E-state index < -0.39 is 6.10 Å². The van der Waals surface area contributed by atoms with Gasteiger partial charge in [0.1, 0.15) is 0 Å². The van der Waals surface area contributed by atoms with E-state index in [1.165, 1.54) is 31.7 Å². The number of piperazine rings is 1. The molecule has 1 aliphatic rings. The number of likely N-dealkylation sites (N-methyl/N-ethyl adjacent to an activating group) is 1. The molecule has 1 saturated heterocycles. The van der Waals surface area contributed by atoms with Crippen LogP contribution in [-0.4, -0.2) is 61.2 Å². The summed E-state index contributed by atoms with van der Waals surface area (Å²) in [7, 11) is 2.18. The molecule has 1 unspecified atom stereocenters. The Morgan fingerprint density at radius 3 is 2.37 bits per heavy atom.